The Hall–Kier alpha value is -1.16. The Morgan fingerprint density at radius 1 is 1.24 bits per heavy atom. The Balaban J connectivity index is 2.01. The van der Waals surface area contributed by atoms with Gasteiger partial charge in [0, 0.05) is 31.4 Å². The summed E-state index contributed by atoms with van der Waals surface area (Å²) in [6.07, 6.45) is 6.25. The maximum atomic E-state index is 4.66. The van der Waals surface area contributed by atoms with Crippen molar-refractivity contribution < 1.29 is 0 Å². The van der Waals surface area contributed by atoms with Crippen LogP contribution in [-0.4, -0.2) is 28.6 Å². The van der Waals surface area contributed by atoms with Gasteiger partial charge in [-0.1, -0.05) is 0 Å². The van der Waals surface area contributed by atoms with E-state index in [-0.39, 0.29) is 5.54 Å². The van der Waals surface area contributed by atoms with E-state index in [4.69, 9.17) is 0 Å². The van der Waals surface area contributed by atoms with Crippen molar-refractivity contribution in [3.05, 3.63) is 18.1 Å². The lowest BCUT2D eigenvalue weighted by Crippen LogP contribution is -2.35. The molecule has 0 unspecified atom stereocenters. The second-order valence-electron chi connectivity index (χ2n) is 5.67. The van der Waals surface area contributed by atoms with Gasteiger partial charge in [-0.25, -0.2) is 4.98 Å². The lowest BCUT2D eigenvalue weighted by molar-refractivity contribution is 0.421. The van der Waals surface area contributed by atoms with Crippen LogP contribution in [0.5, 0.6) is 0 Å². The molecule has 1 aromatic rings. The Labute approximate surface area is 103 Å². The van der Waals surface area contributed by atoms with Crippen LogP contribution in [0.2, 0.25) is 0 Å². The molecule has 0 bridgehead atoms. The minimum Gasteiger partial charge on any atom is -0.355 e. The van der Waals surface area contributed by atoms with Crippen LogP contribution < -0.4 is 10.2 Å². The molecule has 0 spiro atoms. The smallest absolute Gasteiger partial charge is 0.147 e. The van der Waals surface area contributed by atoms with Crippen molar-refractivity contribution in [3.63, 3.8) is 0 Å². The number of rotatable bonds is 3. The van der Waals surface area contributed by atoms with Crippen LogP contribution in [0, 0.1) is 0 Å². The molecule has 0 radical (unpaired) electrons. The fourth-order valence-electron chi connectivity index (χ4n) is 1.93. The summed E-state index contributed by atoms with van der Waals surface area (Å²) in [5.74, 6) is 1.02. The van der Waals surface area contributed by atoms with Crippen LogP contribution in [-0.2, 0) is 6.54 Å². The highest BCUT2D eigenvalue weighted by molar-refractivity contribution is 5.37. The summed E-state index contributed by atoms with van der Waals surface area (Å²) in [7, 11) is 0. The molecule has 4 heteroatoms. The molecule has 1 N–H and O–H groups in total. The van der Waals surface area contributed by atoms with E-state index < -0.39 is 0 Å². The quantitative estimate of drug-likeness (QED) is 0.868. The summed E-state index contributed by atoms with van der Waals surface area (Å²) in [6.45, 7) is 9.48. The Morgan fingerprint density at radius 2 is 1.94 bits per heavy atom. The largest absolute Gasteiger partial charge is 0.355 e. The van der Waals surface area contributed by atoms with E-state index in [1.54, 1.807) is 0 Å². The zero-order valence-corrected chi connectivity index (χ0v) is 11.0. The predicted octanol–water partition coefficient (Wildman–Crippen LogP) is 1.96. The molecule has 94 valence electrons. The minimum atomic E-state index is 0.116. The molecular formula is C13H22N4. The van der Waals surface area contributed by atoms with Crippen LogP contribution in [0.15, 0.2) is 12.4 Å². The van der Waals surface area contributed by atoms with Gasteiger partial charge in [0.2, 0.25) is 0 Å². The first-order chi connectivity index (χ1) is 8.04. The number of nitrogens with one attached hydrogen (secondary N) is 1. The normalized spacial score (nSPS) is 16.5. The van der Waals surface area contributed by atoms with Crippen molar-refractivity contribution in [3.8, 4) is 0 Å². The summed E-state index contributed by atoms with van der Waals surface area (Å²) in [5, 5.41) is 3.43. The number of aromatic nitrogens is 2. The second kappa shape index (κ2) is 5.00. The molecule has 2 heterocycles. The van der Waals surface area contributed by atoms with E-state index in [0.717, 1.165) is 31.1 Å². The third-order valence-electron chi connectivity index (χ3n) is 2.90. The van der Waals surface area contributed by atoms with Gasteiger partial charge in [-0.2, -0.15) is 0 Å². The molecule has 0 aromatic carbocycles. The van der Waals surface area contributed by atoms with Crippen molar-refractivity contribution >= 4 is 5.82 Å². The number of hydrogen-bond acceptors (Lipinski definition) is 4. The summed E-state index contributed by atoms with van der Waals surface area (Å²) in [6, 6.07) is 0. The number of hydrogen-bond donors (Lipinski definition) is 1. The lowest BCUT2D eigenvalue weighted by Gasteiger charge is -2.21. The van der Waals surface area contributed by atoms with E-state index >= 15 is 0 Å². The molecule has 0 atom stereocenters. The fraction of sp³-hybridized carbons (Fsp3) is 0.692. The van der Waals surface area contributed by atoms with Crippen LogP contribution in [0.25, 0.3) is 0 Å². The van der Waals surface area contributed by atoms with Gasteiger partial charge >= 0.3 is 0 Å². The minimum absolute atomic E-state index is 0.116. The first kappa shape index (κ1) is 12.3. The molecule has 0 saturated carbocycles. The van der Waals surface area contributed by atoms with E-state index in [1.807, 2.05) is 12.4 Å². The van der Waals surface area contributed by atoms with Crippen LogP contribution in [0.1, 0.15) is 39.3 Å². The second-order valence-corrected chi connectivity index (χ2v) is 5.67. The van der Waals surface area contributed by atoms with Crippen molar-refractivity contribution in [2.24, 2.45) is 0 Å². The molecule has 4 nitrogen and oxygen atoms in total. The highest BCUT2D eigenvalue weighted by Crippen LogP contribution is 2.16. The molecule has 2 rings (SSSR count). The predicted molar refractivity (Wildman–Crippen MR) is 70.1 cm³/mol. The van der Waals surface area contributed by atoms with Gasteiger partial charge in [-0.3, -0.25) is 4.98 Å². The van der Waals surface area contributed by atoms with Crippen LogP contribution in [0.3, 0.4) is 0 Å². The summed E-state index contributed by atoms with van der Waals surface area (Å²) < 4.78 is 0. The average molecular weight is 234 g/mol. The molecule has 17 heavy (non-hydrogen) atoms. The summed E-state index contributed by atoms with van der Waals surface area (Å²) in [4.78, 5) is 11.3. The fourth-order valence-corrected chi connectivity index (χ4v) is 1.93. The van der Waals surface area contributed by atoms with Gasteiger partial charge in [0.25, 0.3) is 0 Å². The third-order valence-corrected chi connectivity index (χ3v) is 2.90. The number of nitrogens with zero attached hydrogens (tertiary/aromatic N) is 3. The van der Waals surface area contributed by atoms with Crippen LogP contribution >= 0.6 is 0 Å². The molecule has 1 aromatic heterocycles. The zero-order valence-electron chi connectivity index (χ0n) is 11.0. The molecular weight excluding hydrogens is 212 g/mol. The van der Waals surface area contributed by atoms with Gasteiger partial charge in [-0.05, 0) is 33.6 Å². The average Bonchev–Trinajstić information content (AvgIpc) is 2.79. The lowest BCUT2D eigenvalue weighted by atomic mass is 10.1. The maximum absolute atomic E-state index is 4.66. The van der Waals surface area contributed by atoms with E-state index in [0.29, 0.717) is 0 Å². The molecule has 1 fully saturated rings. The third kappa shape index (κ3) is 3.66. The monoisotopic (exact) mass is 234 g/mol. The van der Waals surface area contributed by atoms with Gasteiger partial charge in [-0.15, -0.1) is 0 Å². The standard InChI is InChI=1S/C13H22N4/c1-13(2,3)15-9-11-8-14-10-12(16-11)17-6-4-5-7-17/h8,10,15H,4-7,9H2,1-3H3. The molecule has 1 saturated heterocycles. The van der Waals surface area contributed by atoms with E-state index in [2.05, 4.69) is 41.0 Å². The Kier molecular flexibility index (Phi) is 3.62. The van der Waals surface area contributed by atoms with E-state index in [9.17, 15) is 0 Å². The van der Waals surface area contributed by atoms with Gasteiger partial charge in [0.15, 0.2) is 0 Å². The SMILES string of the molecule is CC(C)(C)NCc1cncc(N2CCCC2)n1. The van der Waals surface area contributed by atoms with Gasteiger partial charge in [0.1, 0.15) is 5.82 Å². The highest BCUT2D eigenvalue weighted by Gasteiger charge is 2.14. The Morgan fingerprint density at radius 3 is 2.59 bits per heavy atom. The van der Waals surface area contributed by atoms with E-state index in [1.165, 1.54) is 12.8 Å². The Bertz CT molecular complexity index is 364. The summed E-state index contributed by atoms with van der Waals surface area (Å²) >= 11 is 0. The van der Waals surface area contributed by atoms with Crippen molar-refractivity contribution in [1.82, 2.24) is 15.3 Å². The maximum Gasteiger partial charge on any atom is 0.147 e. The topological polar surface area (TPSA) is 41.1 Å². The number of anilines is 1. The van der Waals surface area contributed by atoms with Crippen LogP contribution in [0.4, 0.5) is 5.82 Å². The van der Waals surface area contributed by atoms with Crippen molar-refractivity contribution in [1.29, 1.82) is 0 Å². The molecule has 0 amide bonds. The van der Waals surface area contributed by atoms with Crippen molar-refractivity contribution in [2.45, 2.75) is 45.7 Å². The molecule has 1 aliphatic heterocycles. The van der Waals surface area contributed by atoms with Crippen molar-refractivity contribution in [2.75, 3.05) is 18.0 Å². The first-order valence-electron chi connectivity index (χ1n) is 6.35. The highest BCUT2D eigenvalue weighted by atomic mass is 15.2. The summed E-state index contributed by atoms with van der Waals surface area (Å²) in [5.41, 5.74) is 1.13. The molecule has 1 aliphatic rings. The molecule has 0 aliphatic carbocycles. The van der Waals surface area contributed by atoms with Gasteiger partial charge < -0.3 is 10.2 Å². The van der Waals surface area contributed by atoms with Gasteiger partial charge in [0.05, 0.1) is 11.9 Å². The first-order valence-corrected chi connectivity index (χ1v) is 6.35. The zero-order chi connectivity index (χ0) is 12.3.